The highest BCUT2D eigenvalue weighted by atomic mass is 19.1. The van der Waals surface area contributed by atoms with Crippen LogP contribution in [0.4, 0.5) is 10.1 Å². The SMILES string of the molecule is Cc1cc(-n2ncc3c(OCc4ccccc4)ncnc32)c(F)cc1N. The molecule has 0 amide bonds. The molecule has 130 valence electrons. The Morgan fingerprint density at radius 3 is 2.77 bits per heavy atom. The van der Waals surface area contributed by atoms with E-state index in [0.29, 0.717) is 29.2 Å². The van der Waals surface area contributed by atoms with Crippen LogP contribution in [0.1, 0.15) is 11.1 Å². The van der Waals surface area contributed by atoms with Crippen LogP contribution in [-0.4, -0.2) is 19.7 Å². The van der Waals surface area contributed by atoms with Crippen molar-refractivity contribution in [1.29, 1.82) is 0 Å². The van der Waals surface area contributed by atoms with Gasteiger partial charge in [0.25, 0.3) is 0 Å². The molecule has 0 atom stereocenters. The number of nitrogens with zero attached hydrogens (tertiary/aromatic N) is 4. The van der Waals surface area contributed by atoms with E-state index in [1.165, 1.54) is 17.1 Å². The van der Waals surface area contributed by atoms with E-state index in [1.807, 2.05) is 37.3 Å². The van der Waals surface area contributed by atoms with Gasteiger partial charge in [-0.25, -0.2) is 19.0 Å². The molecule has 2 aromatic carbocycles. The molecule has 0 aliphatic rings. The number of ether oxygens (including phenoxy) is 1. The number of nitrogens with two attached hydrogens (primary N) is 1. The van der Waals surface area contributed by atoms with Gasteiger partial charge in [0, 0.05) is 5.69 Å². The van der Waals surface area contributed by atoms with Crippen molar-refractivity contribution in [3.8, 4) is 11.6 Å². The summed E-state index contributed by atoms with van der Waals surface area (Å²) in [5.41, 5.74) is 8.68. The topological polar surface area (TPSA) is 78.8 Å². The molecule has 4 rings (SSSR count). The number of benzene rings is 2. The van der Waals surface area contributed by atoms with E-state index in [0.717, 1.165) is 11.1 Å². The number of aryl methyl sites for hydroxylation is 1. The van der Waals surface area contributed by atoms with Gasteiger partial charge in [0.1, 0.15) is 24.0 Å². The molecule has 4 aromatic rings. The van der Waals surface area contributed by atoms with Gasteiger partial charge in [-0.3, -0.25) is 0 Å². The van der Waals surface area contributed by atoms with Crippen molar-refractivity contribution in [1.82, 2.24) is 19.7 Å². The summed E-state index contributed by atoms with van der Waals surface area (Å²) >= 11 is 0. The van der Waals surface area contributed by atoms with Gasteiger partial charge in [-0.2, -0.15) is 5.10 Å². The predicted molar refractivity (Wildman–Crippen MR) is 96.5 cm³/mol. The summed E-state index contributed by atoms with van der Waals surface area (Å²) in [5, 5.41) is 4.87. The average Bonchev–Trinajstić information content (AvgIpc) is 3.08. The van der Waals surface area contributed by atoms with E-state index >= 15 is 0 Å². The maximum absolute atomic E-state index is 14.4. The summed E-state index contributed by atoms with van der Waals surface area (Å²) in [5.74, 6) is -0.0684. The van der Waals surface area contributed by atoms with Gasteiger partial charge in [-0.15, -0.1) is 0 Å². The molecule has 26 heavy (non-hydrogen) atoms. The Kier molecular flexibility index (Phi) is 3.96. The highest BCUT2D eigenvalue weighted by Crippen LogP contribution is 2.27. The summed E-state index contributed by atoms with van der Waals surface area (Å²) in [6.07, 6.45) is 2.95. The molecule has 0 bridgehead atoms. The van der Waals surface area contributed by atoms with E-state index in [1.54, 1.807) is 12.3 Å². The predicted octanol–water partition coefficient (Wildman–Crippen LogP) is 3.42. The lowest BCUT2D eigenvalue weighted by Crippen LogP contribution is -2.04. The van der Waals surface area contributed by atoms with Gasteiger partial charge < -0.3 is 10.5 Å². The molecule has 0 aliphatic heterocycles. The van der Waals surface area contributed by atoms with Crippen molar-refractivity contribution in [3.63, 3.8) is 0 Å². The minimum Gasteiger partial charge on any atom is -0.472 e. The first-order chi connectivity index (χ1) is 12.6. The summed E-state index contributed by atoms with van der Waals surface area (Å²) in [7, 11) is 0. The van der Waals surface area contributed by atoms with Crippen LogP contribution in [0.2, 0.25) is 0 Å². The van der Waals surface area contributed by atoms with Crippen LogP contribution >= 0.6 is 0 Å². The van der Waals surface area contributed by atoms with Crippen molar-refractivity contribution >= 4 is 16.7 Å². The fourth-order valence-corrected chi connectivity index (χ4v) is 2.68. The summed E-state index contributed by atoms with van der Waals surface area (Å²) in [6, 6.07) is 12.7. The van der Waals surface area contributed by atoms with Crippen molar-refractivity contribution in [3.05, 3.63) is 71.9 Å². The van der Waals surface area contributed by atoms with Gasteiger partial charge in [-0.1, -0.05) is 30.3 Å². The molecule has 0 radical (unpaired) electrons. The van der Waals surface area contributed by atoms with E-state index in [4.69, 9.17) is 10.5 Å². The second-order valence-corrected chi connectivity index (χ2v) is 5.91. The molecule has 0 saturated heterocycles. The van der Waals surface area contributed by atoms with Gasteiger partial charge in [0.15, 0.2) is 11.5 Å². The van der Waals surface area contributed by atoms with Crippen LogP contribution < -0.4 is 10.5 Å². The first-order valence-electron chi connectivity index (χ1n) is 8.05. The van der Waals surface area contributed by atoms with Crippen molar-refractivity contribution < 1.29 is 9.13 Å². The fourth-order valence-electron chi connectivity index (χ4n) is 2.68. The lowest BCUT2D eigenvalue weighted by molar-refractivity contribution is 0.297. The Balaban J connectivity index is 1.73. The highest BCUT2D eigenvalue weighted by Gasteiger charge is 2.16. The van der Waals surface area contributed by atoms with E-state index < -0.39 is 5.82 Å². The van der Waals surface area contributed by atoms with Gasteiger partial charge in [-0.05, 0) is 30.2 Å². The van der Waals surface area contributed by atoms with E-state index in [9.17, 15) is 4.39 Å². The second-order valence-electron chi connectivity index (χ2n) is 5.91. The number of nitrogen functional groups attached to an aromatic ring is 1. The molecular formula is C19H16FN5O. The molecular weight excluding hydrogens is 333 g/mol. The maximum atomic E-state index is 14.4. The molecule has 0 unspecified atom stereocenters. The van der Waals surface area contributed by atoms with Crippen LogP contribution in [0.25, 0.3) is 16.7 Å². The zero-order valence-corrected chi connectivity index (χ0v) is 14.1. The van der Waals surface area contributed by atoms with E-state index in [2.05, 4.69) is 15.1 Å². The van der Waals surface area contributed by atoms with Crippen LogP contribution in [0.3, 0.4) is 0 Å². The normalized spacial score (nSPS) is 11.0. The molecule has 0 spiro atoms. The molecule has 0 aliphatic carbocycles. The Morgan fingerprint density at radius 1 is 1.15 bits per heavy atom. The number of halogens is 1. The molecule has 7 heteroatoms. The molecule has 2 N–H and O–H groups in total. The molecule has 0 fully saturated rings. The summed E-state index contributed by atoms with van der Waals surface area (Å²) < 4.78 is 21.6. The largest absolute Gasteiger partial charge is 0.472 e. The van der Waals surface area contributed by atoms with Crippen LogP contribution in [0, 0.1) is 12.7 Å². The Morgan fingerprint density at radius 2 is 1.96 bits per heavy atom. The average molecular weight is 349 g/mol. The van der Waals surface area contributed by atoms with Crippen molar-refractivity contribution in [2.45, 2.75) is 13.5 Å². The molecule has 2 heterocycles. The third-order valence-electron chi connectivity index (χ3n) is 4.11. The second kappa shape index (κ2) is 6.44. The lowest BCUT2D eigenvalue weighted by atomic mass is 10.2. The summed E-state index contributed by atoms with van der Waals surface area (Å²) in [4.78, 5) is 8.42. The Hall–Kier alpha value is -3.48. The first-order valence-corrected chi connectivity index (χ1v) is 8.05. The van der Waals surface area contributed by atoms with Crippen LogP contribution in [-0.2, 0) is 6.61 Å². The number of hydrogen-bond acceptors (Lipinski definition) is 5. The summed E-state index contributed by atoms with van der Waals surface area (Å²) in [6.45, 7) is 2.18. The quantitative estimate of drug-likeness (QED) is 0.571. The standard InChI is InChI=1S/C19H16FN5O/c1-12-7-17(15(20)8-16(12)21)25-18-14(9-24-25)19(23-11-22-18)26-10-13-5-3-2-4-6-13/h2-9,11H,10,21H2,1H3. The number of rotatable bonds is 4. The van der Waals surface area contributed by atoms with Gasteiger partial charge in [0.05, 0.1) is 6.20 Å². The van der Waals surface area contributed by atoms with Crippen molar-refractivity contribution in [2.75, 3.05) is 5.73 Å². The molecule has 2 aromatic heterocycles. The minimum absolute atomic E-state index is 0.277. The monoisotopic (exact) mass is 349 g/mol. The Labute approximate surface area is 149 Å². The number of anilines is 1. The highest BCUT2D eigenvalue weighted by molar-refractivity contribution is 5.81. The lowest BCUT2D eigenvalue weighted by Gasteiger charge is -2.09. The minimum atomic E-state index is -0.469. The van der Waals surface area contributed by atoms with Gasteiger partial charge >= 0.3 is 0 Å². The third kappa shape index (κ3) is 2.83. The smallest absolute Gasteiger partial charge is 0.228 e. The first kappa shape index (κ1) is 16.0. The number of hydrogen-bond donors (Lipinski definition) is 1. The Bertz CT molecular complexity index is 1080. The molecule has 6 nitrogen and oxygen atoms in total. The van der Waals surface area contributed by atoms with E-state index in [-0.39, 0.29) is 5.69 Å². The zero-order valence-electron chi connectivity index (χ0n) is 14.1. The number of aromatic nitrogens is 4. The van der Waals surface area contributed by atoms with Gasteiger partial charge in [0.2, 0.25) is 5.88 Å². The fraction of sp³-hybridized carbons (Fsp3) is 0.105. The van der Waals surface area contributed by atoms with Crippen LogP contribution in [0.5, 0.6) is 5.88 Å². The number of fused-ring (bicyclic) bond motifs is 1. The van der Waals surface area contributed by atoms with Crippen LogP contribution in [0.15, 0.2) is 55.0 Å². The van der Waals surface area contributed by atoms with Crippen molar-refractivity contribution in [2.24, 2.45) is 0 Å². The maximum Gasteiger partial charge on any atom is 0.228 e. The zero-order chi connectivity index (χ0) is 18.1. The molecule has 0 saturated carbocycles. The third-order valence-corrected chi connectivity index (χ3v) is 4.11.